The molecule has 2 heterocycles. The summed E-state index contributed by atoms with van der Waals surface area (Å²) in [6, 6.07) is 27.8. The number of aromatic nitrogens is 1. The third kappa shape index (κ3) is 3.62. The van der Waals surface area contributed by atoms with Crippen LogP contribution >= 0.6 is 0 Å². The monoisotopic (exact) mass is 481 g/mol. The van der Waals surface area contributed by atoms with E-state index in [9.17, 15) is 10.5 Å². The first-order valence-electron chi connectivity index (χ1n) is 13.1. The number of benzene rings is 4. The van der Waals surface area contributed by atoms with Crippen LogP contribution in [0.5, 0.6) is 0 Å². The summed E-state index contributed by atoms with van der Waals surface area (Å²) < 4.78 is 2.23. The van der Waals surface area contributed by atoms with Crippen molar-refractivity contribution < 1.29 is 0 Å². The van der Waals surface area contributed by atoms with Crippen molar-refractivity contribution in [2.75, 3.05) is 0 Å². The molecule has 0 saturated heterocycles. The van der Waals surface area contributed by atoms with E-state index in [4.69, 9.17) is 0 Å². The number of hydrogen-bond donors (Lipinski definition) is 0. The molecule has 182 valence electrons. The highest BCUT2D eigenvalue weighted by Crippen LogP contribution is 2.44. The zero-order valence-electron chi connectivity index (χ0n) is 22.3. The molecule has 0 aliphatic heterocycles. The Balaban J connectivity index is 0.00000137. The Bertz CT molecular complexity index is 1740. The van der Waals surface area contributed by atoms with Crippen LogP contribution in [0.15, 0.2) is 66.7 Å². The highest BCUT2D eigenvalue weighted by atomic mass is 14.9. The third-order valence-electron chi connectivity index (χ3n) is 7.31. The molecule has 0 spiro atoms. The SMILES string of the molecule is CC.CC(C)c1cccc(C(C)C)c1-c1cc2c3ccc(C#N)cc3n3c4cc(C#N)ccc4c(c1)c23. The Morgan fingerprint density at radius 2 is 1.08 bits per heavy atom. The molecule has 0 saturated carbocycles. The van der Waals surface area contributed by atoms with Crippen LogP contribution in [0.25, 0.3) is 49.2 Å². The summed E-state index contributed by atoms with van der Waals surface area (Å²) in [5.74, 6) is 0.802. The Labute approximate surface area is 218 Å². The van der Waals surface area contributed by atoms with E-state index < -0.39 is 0 Å². The molecule has 3 nitrogen and oxygen atoms in total. The van der Waals surface area contributed by atoms with Crippen LogP contribution in [0.4, 0.5) is 0 Å². The van der Waals surface area contributed by atoms with Crippen molar-refractivity contribution in [3.05, 3.63) is 89.0 Å². The summed E-state index contributed by atoms with van der Waals surface area (Å²) in [5.41, 5.74) is 9.70. The second kappa shape index (κ2) is 9.27. The van der Waals surface area contributed by atoms with Crippen molar-refractivity contribution in [2.24, 2.45) is 0 Å². The van der Waals surface area contributed by atoms with Crippen LogP contribution in [-0.2, 0) is 0 Å². The maximum atomic E-state index is 9.58. The first-order valence-corrected chi connectivity index (χ1v) is 13.1. The fourth-order valence-electron chi connectivity index (χ4n) is 5.71. The van der Waals surface area contributed by atoms with E-state index in [1.807, 2.05) is 38.1 Å². The van der Waals surface area contributed by atoms with Gasteiger partial charge in [0.05, 0.1) is 39.8 Å². The standard InChI is InChI=1S/C32H25N3.C2H6/c1-18(2)23-6-5-7-24(19(3)4)31(23)22-14-27-25-10-8-20(16-33)12-29(25)35-30-13-21(17-34)9-11-26(30)28(15-22)32(27)35;1-2/h5-15,18-19H,1-4H3;1-2H3. The van der Waals surface area contributed by atoms with Gasteiger partial charge in [0.2, 0.25) is 0 Å². The molecule has 0 aliphatic rings. The van der Waals surface area contributed by atoms with Crippen molar-refractivity contribution >= 4 is 38.1 Å². The van der Waals surface area contributed by atoms with Crippen molar-refractivity contribution in [3.63, 3.8) is 0 Å². The van der Waals surface area contributed by atoms with Crippen molar-refractivity contribution in [1.29, 1.82) is 10.5 Å². The van der Waals surface area contributed by atoms with E-state index in [2.05, 4.69) is 86.7 Å². The molecular weight excluding hydrogens is 450 g/mol. The second-order valence-electron chi connectivity index (χ2n) is 10.1. The maximum absolute atomic E-state index is 9.58. The fraction of sp³-hybridized carbons (Fsp3) is 0.235. The topological polar surface area (TPSA) is 52.0 Å². The number of rotatable bonds is 3. The number of fused-ring (bicyclic) bond motifs is 6. The van der Waals surface area contributed by atoms with E-state index in [1.54, 1.807) is 0 Å². The van der Waals surface area contributed by atoms with Crippen molar-refractivity contribution in [1.82, 2.24) is 4.40 Å². The molecule has 3 heteroatoms. The minimum atomic E-state index is 0.401. The lowest BCUT2D eigenvalue weighted by Gasteiger charge is -2.20. The summed E-state index contributed by atoms with van der Waals surface area (Å²) in [6.07, 6.45) is 0. The van der Waals surface area contributed by atoms with Gasteiger partial charge in [0.15, 0.2) is 0 Å². The summed E-state index contributed by atoms with van der Waals surface area (Å²) in [7, 11) is 0. The largest absolute Gasteiger partial charge is 0.308 e. The molecule has 0 bridgehead atoms. The molecule has 0 N–H and O–H groups in total. The molecule has 4 aromatic carbocycles. The molecule has 0 radical (unpaired) electrons. The summed E-state index contributed by atoms with van der Waals surface area (Å²) in [6.45, 7) is 13.0. The van der Waals surface area contributed by atoms with Gasteiger partial charge in [-0.05, 0) is 70.5 Å². The van der Waals surface area contributed by atoms with Gasteiger partial charge in [-0.15, -0.1) is 0 Å². The van der Waals surface area contributed by atoms with E-state index in [0.717, 1.165) is 27.3 Å². The molecule has 0 atom stereocenters. The quantitative estimate of drug-likeness (QED) is 0.253. The second-order valence-corrected chi connectivity index (χ2v) is 10.1. The van der Waals surface area contributed by atoms with Crippen LogP contribution < -0.4 is 0 Å². The molecule has 0 fully saturated rings. The molecular formula is C34H31N3. The van der Waals surface area contributed by atoms with Crippen LogP contribution in [-0.4, -0.2) is 4.40 Å². The van der Waals surface area contributed by atoms with Gasteiger partial charge in [0.1, 0.15) is 0 Å². The first kappa shape index (κ1) is 24.4. The third-order valence-corrected chi connectivity index (χ3v) is 7.31. The van der Waals surface area contributed by atoms with E-state index in [-0.39, 0.29) is 0 Å². The summed E-state index contributed by atoms with van der Waals surface area (Å²) in [5, 5.41) is 23.8. The summed E-state index contributed by atoms with van der Waals surface area (Å²) in [4.78, 5) is 0. The van der Waals surface area contributed by atoms with Gasteiger partial charge in [-0.1, -0.05) is 71.9 Å². The molecule has 0 aliphatic carbocycles. The molecule has 6 aromatic rings. The Morgan fingerprint density at radius 1 is 0.622 bits per heavy atom. The van der Waals surface area contributed by atoms with Gasteiger partial charge in [0, 0.05) is 21.5 Å². The van der Waals surface area contributed by atoms with Gasteiger partial charge in [0.25, 0.3) is 0 Å². The predicted molar refractivity (Wildman–Crippen MR) is 155 cm³/mol. The normalized spacial score (nSPS) is 11.4. The van der Waals surface area contributed by atoms with E-state index in [1.165, 1.54) is 33.0 Å². The average Bonchev–Trinajstić information content (AvgIpc) is 3.43. The van der Waals surface area contributed by atoms with Crippen LogP contribution in [0.1, 0.15) is 75.6 Å². The lowest BCUT2D eigenvalue weighted by atomic mass is 9.84. The van der Waals surface area contributed by atoms with Gasteiger partial charge in [-0.25, -0.2) is 0 Å². The maximum Gasteiger partial charge on any atom is 0.0992 e. The minimum absolute atomic E-state index is 0.401. The zero-order valence-corrected chi connectivity index (χ0v) is 22.3. The highest BCUT2D eigenvalue weighted by molar-refractivity contribution is 6.24. The highest BCUT2D eigenvalue weighted by Gasteiger charge is 2.22. The van der Waals surface area contributed by atoms with Gasteiger partial charge in [-0.2, -0.15) is 10.5 Å². The zero-order chi connectivity index (χ0) is 26.4. The number of hydrogen-bond acceptors (Lipinski definition) is 2. The predicted octanol–water partition coefficient (Wildman–Crippen LogP) is 9.52. The number of nitrogens with zero attached hydrogens (tertiary/aromatic N) is 3. The minimum Gasteiger partial charge on any atom is -0.308 e. The van der Waals surface area contributed by atoms with Gasteiger partial charge in [-0.3, -0.25) is 0 Å². The number of nitriles is 2. The molecule has 6 rings (SSSR count). The Morgan fingerprint density at radius 3 is 1.49 bits per heavy atom. The van der Waals surface area contributed by atoms with E-state index >= 15 is 0 Å². The molecule has 2 aromatic heterocycles. The van der Waals surface area contributed by atoms with E-state index in [0.29, 0.717) is 23.0 Å². The molecule has 37 heavy (non-hydrogen) atoms. The Kier molecular flexibility index (Phi) is 6.10. The lowest BCUT2D eigenvalue weighted by Crippen LogP contribution is -1.99. The average molecular weight is 482 g/mol. The van der Waals surface area contributed by atoms with Crippen molar-refractivity contribution in [3.8, 4) is 23.3 Å². The van der Waals surface area contributed by atoms with Crippen molar-refractivity contribution in [2.45, 2.75) is 53.4 Å². The first-order chi connectivity index (χ1) is 17.9. The van der Waals surface area contributed by atoms with Crippen LogP contribution in [0.3, 0.4) is 0 Å². The fourth-order valence-corrected chi connectivity index (χ4v) is 5.71. The summed E-state index contributed by atoms with van der Waals surface area (Å²) >= 11 is 0. The smallest absolute Gasteiger partial charge is 0.0992 e. The van der Waals surface area contributed by atoms with Gasteiger partial charge >= 0.3 is 0 Å². The molecule has 0 amide bonds. The lowest BCUT2D eigenvalue weighted by molar-refractivity contribution is 0.838. The van der Waals surface area contributed by atoms with Crippen LogP contribution in [0, 0.1) is 22.7 Å². The Hall–Kier alpha value is -4.34. The molecule has 0 unspecified atom stereocenters. The van der Waals surface area contributed by atoms with Crippen LogP contribution in [0.2, 0.25) is 0 Å². The van der Waals surface area contributed by atoms with Gasteiger partial charge < -0.3 is 4.40 Å².